The van der Waals surface area contributed by atoms with Gasteiger partial charge in [-0.15, -0.1) is 4.65 Å². The lowest BCUT2D eigenvalue weighted by Crippen LogP contribution is -2.68. The molecule has 0 spiro atoms. The van der Waals surface area contributed by atoms with Crippen LogP contribution in [0.25, 0.3) is 0 Å². The minimum atomic E-state index is 0.0881. The van der Waals surface area contributed by atoms with E-state index >= 15 is 0 Å². The van der Waals surface area contributed by atoms with Crippen molar-refractivity contribution in [2.45, 2.75) is 51.4 Å². The molecule has 1 aromatic carbocycles. The van der Waals surface area contributed by atoms with Crippen molar-refractivity contribution in [3.63, 3.8) is 0 Å². The molecule has 0 radical (unpaired) electrons. The molecule has 4 nitrogen and oxygen atoms in total. The first-order valence-corrected chi connectivity index (χ1v) is 11.1. The Morgan fingerprint density at radius 1 is 1.00 bits per heavy atom. The number of benzene rings is 1. The van der Waals surface area contributed by atoms with Crippen molar-refractivity contribution in [3.05, 3.63) is 29.3 Å². The van der Waals surface area contributed by atoms with Crippen LogP contribution < -0.4 is 4.65 Å². The Bertz CT molecular complexity index is 630. The Labute approximate surface area is 168 Å². The molecule has 1 amide bonds. The number of piperidine rings is 1. The number of carbonyl (C=O) groups is 1. The molecular formula is C22H32ClN2O2+. The largest absolute Gasteiger partial charge is 0.342 e. The van der Waals surface area contributed by atoms with E-state index in [9.17, 15) is 4.79 Å². The zero-order valence-electron chi connectivity index (χ0n) is 16.2. The standard InChI is InChI=1S/C22H32ClN2O2/c23-20-9-11-21(12-10-20)25(27-17-18-7-3-1-4-8-18)15-19(16-25)22(26)24-13-5-2-6-14-24/h9-12,18-19H,1-8,13-17H2/q+1. The Morgan fingerprint density at radius 2 is 1.63 bits per heavy atom. The highest BCUT2D eigenvalue weighted by Crippen LogP contribution is 2.37. The van der Waals surface area contributed by atoms with E-state index in [2.05, 4.69) is 17.0 Å². The molecule has 4 rings (SSSR count). The van der Waals surface area contributed by atoms with Crippen LogP contribution in [-0.2, 0) is 9.63 Å². The summed E-state index contributed by atoms with van der Waals surface area (Å²) >= 11 is 6.09. The van der Waals surface area contributed by atoms with Crippen molar-refractivity contribution >= 4 is 23.2 Å². The molecule has 0 atom stereocenters. The number of halogens is 1. The quantitative estimate of drug-likeness (QED) is 0.674. The molecule has 3 aliphatic rings. The van der Waals surface area contributed by atoms with Crippen molar-refractivity contribution < 1.29 is 9.63 Å². The number of quaternary nitrogens is 1. The van der Waals surface area contributed by atoms with E-state index in [0.717, 1.165) is 56.3 Å². The fourth-order valence-corrected chi connectivity index (χ4v) is 5.02. The molecule has 148 valence electrons. The second kappa shape index (κ2) is 8.50. The molecular weight excluding hydrogens is 360 g/mol. The number of carbonyl (C=O) groups excluding carboxylic acids is 1. The van der Waals surface area contributed by atoms with Gasteiger partial charge in [-0.1, -0.05) is 30.9 Å². The van der Waals surface area contributed by atoms with Gasteiger partial charge in [0.25, 0.3) is 0 Å². The van der Waals surface area contributed by atoms with Crippen LogP contribution in [0.5, 0.6) is 0 Å². The van der Waals surface area contributed by atoms with Gasteiger partial charge >= 0.3 is 0 Å². The maximum atomic E-state index is 12.9. The second-order valence-corrected chi connectivity index (χ2v) is 9.05. The molecule has 2 aliphatic heterocycles. The first-order valence-electron chi connectivity index (χ1n) is 10.7. The molecule has 1 aromatic rings. The molecule has 3 fully saturated rings. The number of nitrogens with zero attached hydrogens (tertiary/aromatic N) is 2. The van der Waals surface area contributed by atoms with Gasteiger partial charge in [0.05, 0.1) is 0 Å². The van der Waals surface area contributed by atoms with Crippen LogP contribution in [0.1, 0.15) is 51.4 Å². The lowest BCUT2D eigenvalue weighted by molar-refractivity contribution is -0.219. The monoisotopic (exact) mass is 391 g/mol. The highest BCUT2D eigenvalue weighted by molar-refractivity contribution is 6.30. The van der Waals surface area contributed by atoms with Crippen molar-refractivity contribution in [2.24, 2.45) is 11.8 Å². The van der Waals surface area contributed by atoms with Gasteiger partial charge in [-0.2, -0.15) is 4.84 Å². The van der Waals surface area contributed by atoms with Gasteiger partial charge in [0.2, 0.25) is 5.91 Å². The van der Waals surface area contributed by atoms with Crippen LogP contribution in [0.3, 0.4) is 0 Å². The van der Waals surface area contributed by atoms with Crippen molar-refractivity contribution in [1.29, 1.82) is 0 Å². The van der Waals surface area contributed by atoms with Crippen LogP contribution in [-0.4, -0.2) is 43.6 Å². The maximum absolute atomic E-state index is 12.9. The van der Waals surface area contributed by atoms with E-state index in [0.29, 0.717) is 16.5 Å². The normalized spacial score (nSPS) is 29.4. The fraction of sp³-hybridized carbons (Fsp3) is 0.682. The molecule has 2 heterocycles. The molecule has 0 aromatic heterocycles. The van der Waals surface area contributed by atoms with Crippen molar-refractivity contribution in [1.82, 2.24) is 9.55 Å². The van der Waals surface area contributed by atoms with Crippen molar-refractivity contribution in [2.75, 3.05) is 32.8 Å². The van der Waals surface area contributed by atoms with Gasteiger partial charge in [0.15, 0.2) is 5.69 Å². The Kier molecular flexibility index (Phi) is 6.05. The zero-order chi connectivity index (χ0) is 18.7. The lowest BCUT2D eigenvalue weighted by Gasteiger charge is -2.47. The van der Waals surface area contributed by atoms with Crippen LogP contribution in [0.2, 0.25) is 5.02 Å². The van der Waals surface area contributed by atoms with E-state index in [1.54, 1.807) is 0 Å². The summed E-state index contributed by atoms with van der Waals surface area (Å²) in [7, 11) is 0. The molecule has 27 heavy (non-hydrogen) atoms. The summed E-state index contributed by atoms with van der Waals surface area (Å²) in [5.74, 6) is 1.08. The molecule has 0 N–H and O–H groups in total. The van der Waals surface area contributed by atoms with Crippen LogP contribution in [0.15, 0.2) is 24.3 Å². The SMILES string of the molecule is O=C(C1C[N+](OCC2CCCCC2)(c2ccc(Cl)cc2)C1)N1CCCCC1. The van der Waals surface area contributed by atoms with Gasteiger partial charge in [0.1, 0.15) is 25.6 Å². The summed E-state index contributed by atoms with van der Waals surface area (Å²) in [6, 6.07) is 7.98. The van der Waals surface area contributed by atoms with Gasteiger partial charge in [0, 0.05) is 30.2 Å². The lowest BCUT2D eigenvalue weighted by atomic mass is 9.90. The van der Waals surface area contributed by atoms with Gasteiger partial charge in [-0.25, -0.2) is 0 Å². The first kappa shape index (κ1) is 19.2. The highest BCUT2D eigenvalue weighted by atomic mass is 35.5. The van der Waals surface area contributed by atoms with Gasteiger partial charge in [-0.3, -0.25) is 4.79 Å². The third-order valence-electron chi connectivity index (χ3n) is 6.63. The zero-order valence-corrected chi connectivity index (χ0v) is 17.0. The minimum Gasteiger partial charge on any atom is -0.342 e. The van der Waals surface area contributed by atoms with E-state index in [4.69, 9.17) is 16.4 Å². The smallest absolute Gasteiger partial charge is 0.237 e. The molecule has 0 unspecified atom stereocenters. The summed E-state index contributed by atoms with van der Waals surface area (Å²) in [5.41, 5.74) is 1.12. The molecule has 0 bridgehead atoms. The predicted octanol–water partition coefficient (Wildman–Crippen LogP) is 4.80. The number of likely N-dealkylation sites (tertiary alicyclic amines) is 1. The molecule has 5 heteroatoms. The Balaban J connectivity index is 1.43. The van der Waals surface area contributed by atoms with E-state index in [1.807, 2.05) is 12.1 Å². The average molecular weight is 392 g/mol. The number of hydroxylamine groups is 2. The summed E-state index contributed by atoms with van der Waals surface area (Å²) in [6.07, 6.45) is 10.1. The molecule has 2 saturated heterocycles. The number of hydrogen-bond donors (Lipinski definition) is 0. The van der Waals surface area contributed by atoms with Gasteiger partial charge < -0.3 is 4.90 Å². The third-order valence-corrected chi connectivity index (χ3v) is 6.88. The van der Waals surface area contributed by atoms with Crippen LogP contribution >= 0.6 is 11.6 Å². The summed E-state index contributed by atoms with van der Waals surface area (Å²) in [6.45, 7) is 4.17. The number of rotatable bonds is 5. The summed E-state index contributed by atoms with van der Waals surface area (Å²) < 4.78 is 0.484. The average Bonchev–Trinajstić information content (AvgIpc) is 2.69. The number of amides is 1. The molecule has 1 saturated carbocycles. The predicted molar refractivity (Wildman–Crippen MR) is 109 cm³/mol. The fourth-order valence-electron chi connectivity index (χ4n) is 4.89. The van der Waals surface area contributed by atoms with E-state index in [-0.39, 0.29) is 5.92 Å². The second-order valence-electron chi connectivity index (χ2n) is 8.61. The van der Waals surface area contributed by atoms with Crippen LogP contribution in [0.4, 0.5) is 5.69 Å². The van der Waals surface area contributed by atoms with E-state index in [1.165, 1.54) is 38.5 Å². The first-order chi connectivity index (χ1) is 13.2. The number of hydrogen-bond acceptors (Lipinski definition) is 2. The topological polar surface area (TPSA) is 29.5 Å². The van der Waals surface area contributed by atoms with Gasteiger partial charge in [-0.05, 0) is 50.2 Å². The summed E-state index contributed by atoms with van der Waals surface area (Å²) in [4.78, 5) is 21.5. The van der Waals surface area contributed by atoms with E-state index < -0.39 is 0 Å². The third kappa shape index (κ3) is 4.33. The van der Waals surface area contributed by atoms with Crippen molar-refractivity contribution in [3.8, 4) is 0 Å². The Morgan fingerprint density at radius 3 is 2.30 bits per heavy atom. The summed E-state index contributed by atoms with van der Waals surface area (Å²) in [5, 5.41) is 0.741. The highest BCUT2D eigenvalue weighted by Gasteiger charge is 2.53. The molecule has 1 aliphatic carbocycles. The Hall–Kier alpha value is -1.10. The van der Waals surface area contributed by atoms with Crippen LogP contribution in [0, 0.1) is 11.8 Å². The minimum absolute atomic E-state index is 0.0881. The maximum Gasteiger partial charge on any atom is 0.237 e.